The van der Waals surface area contributed by atoms with E-state index >= 15 is 0 Å². The maximum atomic E-state index is 11.2. The molecule has 0 spiro atoms. The number of hydrogen-bond acceptors (Lipinski definition) is 2. The second-order valence-electron chi connectivity index (χ2n) is 5.08. The van der Waals surface area contributed by atoms with Crippen LogP contribution >= 0.6 is 34.5 Å². The molecule has 0 fully saturated rings. The summed E-state index contributed by atoms with van der Waals surface area (Å²) in [5.41, 5.74) is 2.50. The van der Waals surface area contributed by atoms with Gasteiger partial charge in [0, 0.05) is 9.58 Å². The van der Waals surface area contributed by atoms with Gasteiger partial charge in [-0.3, -0.25) is 0 Å². The van der Waals surface area contributed by atoms with Gasteiger partial charge in [-0.2, -0.15) is 0 Å². The predicted molar refractivity (Wildman–Crippen MR) is 92.8 cm³/mol. The van der Waals surface area contributed by atoms with Gasteiger partial charge in [-0.1, -0.05) is 29.3 Å². The fourth-order valence-electron chi connectivity index (χ4n) is 2.48. The topological polar surface area (TPSA) is 37.3 Å². The van der Waals surface area contributed by atoms with E-state index in [0.717, 1.165) is 21.2 Å². The second kappa shape index (κ2) is 5.92. The molecule has 2 nitrogen and oxygen atoms in total. The van der Waals surface area contributed by atoms with Crippen molar-refractivity contribution in [2.24, 2.45) is 0 Å². The fourth-order valence-corrected chi connectivity index (χ4v) is 3.86. The Labute approximate surface area is 141 Å². The lowest BCUT2D eigenvalue weighted by atomic mass is 10.0. The third-order valence-corrected chi connectivity index (χ3v) is 5.47. The molecule has 1 heterocycles. The van der Waals surface area contributed by atoms with Crippen LogP contribution in [0.1, 0.15) is 26.4 Å². The van der Waals surface area contributed by atoms with Crippen molar-refractivity contribution >= 4 is 50.6 Å². The highest BCUT2D eigenvalue weighted by Crippen LogP contribution is 2.34. The number of rotatable bonds is 3. The van der Waals surface area contributed by atoms with Crippen LogP contribution < -0.4 is 0 Å². The molecule has 5 heteroatoms. The molecule has 0 atom stereocenters. The molecule has 0 radical (unpaired) electrons. The number of carbonyl (C=O) groups is 1. The van der Waals surface area contributed by atoms with E-state index in [1.807, 2.05) is 18.2 Å². The van der Waals surface area contributed by atoms with Crippen molar-refractivity contribution in [2.45, 2.75) is 13.3 Å². The Morgan fingerprint density at radius 2 is 1.91 bits per heavy atom. The maximum Gasteiger partial charge on any atom is 0.335 e. The first-order valence-electron chi connectivity index (χ1n) is 6.65. The van der Waals surface area contributed by atoms with Crippen molar-refractivity contribution in [3.8, 4) is 0 Å². The van der Waals surface area contributed by atoms with Crippen LogP contribution in [-0.4, -0.2) is 11.1 Å². The summed E-state index contributed by atoms with van der Waals surface area (Å²) >= 11 is 13.7. The molecule has 0 bridgehead atoms. The van der Waals surface area contributed by atoms with Crippen LogP contribution in [0.3, 0.4) is 0 Å². The van der Waals surface area contributed by atoms with Gasteiger partial charge >= 0.3 is 5.97 Å². The molecule has 3 rings (SSSR count). The molecule has 0 unspecified atom stereocenters. The van der Waals surface area contributed by atoms with Gasteiger partial charge in [0.1, 0.15) is 0 Å². The fraction of sp³-hybridized carbons (Fsp3) is 0.118. The summed E-state index contributed by atoms with van der Waals surface area (Å²) in [5, 5.41) is 11.2. The Bertz CT molecular complexity index is 884. The van der Waals surface area contributed by atoms with Gasteiger partial charge in [0.05, 0.1) is 15.6 Å². The minimum absolute atomic E-state index is 0.306. The van der Waals surface area contributed by atoms with Crippen LogP contribution in [0.15, 0.2) is 36.4 Å². The third-order valence-electron chi connectivity index (χ3n) is 3.60. The molecule has 3 aromatic rings. The summed E-state index contributed by atoms with van der Waals surface area (Å²) in [7, 11) is 0. The van der Waals surface area contributed by atoms with Crippen LogP contribution in [-0.2, 0) is 6.42 Å². The van der Waals surface area contributed by atoms with E-state index in [2.05, 4.69) is 6.92 Å². The average Bonchev–Trinajstić information content (AvgIpc) is 2.78. The Morgan fingerprint density at radius 3 is 2.59 bits per heavy atom. The molecule has 1 N–H and O–H groups in total. The second-order valence-corrected chi connectivity index (χ2v) is 7.15. The summed E-state index contributed by atoms with van der Waals surface area (Å²) in [5.74, 6) is -0.911. The molecule has 0 saturated heterocycles. The smallest absolute Gasteiger partial charge is 0.335 e. The van der Waals surface area contributed by atoms with Gasteiger partial charge in [-0.15, -0.1) is 11.3 Å². The van der Waals surface area contributed by atoms with Crippen molar-refractivity contribution in [3.05, 3.63) is 68.0 Å². The summed E-state index contributed by atoms with van der Waals surface area (Å²) < 4.78 is 1.09. The zero-order valence-corrected chi connectivity index (χ0v) is 14.0. The Kier molecular flexibility index (Phi) is 4.13. The minimum atomic E-state index is -0.911. The largest absolute Gasteiger partial charge is 0.478 e. The van der Waals surface area contributed by atoms with Crippen LogP contribution in [0.2, 0.25) is 10.0 Å². The molecular formula is C17H12Cl2O2S. The number of aromatic carboxylic acids is 1. The molecule has 1 aromatic heterocycles. The van der Waals surface area contributed by atoms with Crippen LogP contribution in [0.4, 0.5) is 0 Å². The molecule has 0 aliphatic heterocycles. The minimum Gasteiger partial charge on any atom is -0.478 e. The molecule has 0 aliphatic carbocycles. The standard InChI is InChI=1S/C17H12Cl2O2S/c1-9-12(6-10-2-4-14(18)15(19)7-10)13-8-11(17(20)21)3-5-16(13)22-9/h2-5,7-8H,6H2,1H3,(H,20,21). The van der Waals surface area contributed by atoms with E-state index in [1.54, 1.807) is 29.5 Å². The van der Waals surface area contributed by atoms with E-state index in [9.17, 15) is 4.79 Å². The summed E-state index contributed by atoms with van der Waals surface area (Å²) in [6.45, 7) is 2.05. The number of carboxylic acids is 1. The van der Waals surface area contributed by atoms with E-state index < -0.39 is 5.97 Å². The number of halogens is 2. The third kappa shape index (κ3) is 2.84. The van der Waals surface area contributed by atoms with Gasteiger partial charge in [0.25, 0.3) is 0 Å². The SMILES string of the molecule is Cc1sc2ccc(C(=O)O)cc2c1Cc1ccc(Cl)c(Cl)c1. The number of fused-ring (bicyclic) bond motifs is 1. The molecule has 0 saturated carbocycles. The van der Waals surface area contributed by atoms with Crippen LogP contribution in [0.5, 0.6) is 0 Å². The summed E-state index contributed by atoms with van der Waals surface area (Å²) in [6, 6.07) is 10.8. The quantitative estimate of drug-likeness (QED) is 0.647. The molecule has 2 aromatic carbocycles. The first-order chi connectivity index (χ1) is 10.5. The molecule has 0 amide bonds. The zero-order chi connectivity index (χ0) is 15.9. The maximum absolute atomic E-state index is 11.2. The van der Waals surface area contributed by atoms with Crippen molar-refractivity contribution in [2.75, 3.05) is 0 Å². The van der Waals surface area contributed by atoms with Crippen LogP contribution in [0, 0.1) is 6.92 Å². The van der Waals surface area contributed by atoms with Gasteiger partial charge in [0.2, 0.25) is 0 Å². The van der Waals surface area contributed by atoms with E-state index in [4.69, 9.17) is 28.3 Å². The van der Waals surface area contributed by atoms with E-state index in [-0.39, 0.29) is 0 Å². The molecule has 112 valence electrons. The molecular weight excluding hydrogens is 339 g/mol. The number of carboxylic acid groups (broad SMARTS) is 1. The number of hydrogen-bond donors (Lipinski definition) is 1. The van der Waals surface area contributed by atoms with Crippen molar-refractivity contribution in [1.82, 2.24) is 0 Å². The highest BCUT2D eigenvalue weighted by atomic mass is 35.5. The number of aryl methyl sites for hydroxylation is 1. The lowest BCUT2D eigenvalue weighted by Crippen LogP contribution is -1.96. The Hall–Kier alpha value is -1.55. The van der Waals surface area contributed by atoms with Gasteiger partial charge in [0.15, 0.2) is 0 Å². The molecule has 22 heavy (non-hydrogen) atoms. The predicted octanol–water partition coefficient (Wildman–Crippen LogP) is 5.81. The van der Waals surface area contributed by atoms with Crippen LogP contribution in [0.25, 0.3) is 10.1 Å². The molecule has 0 aliphatic rings. The highest BCUT2D eigenvalue weighted by Gasteiger charge is 2.13. The van der Waals surface area contributed by atoms with Gasteiger partial charge in [-0.25, -0.2) is 4.79 Å². The Balaban J connectivity index is 2.08. The van der Waals surface area contributed by atoms with Crippen molar-refractivity contribution in [3.63, 3.8) is 0 Å². The summed E-state index contributed by atoms with van der Waals surface area (Å²) in [4.78, 5) is 12.4. The van der Waals surface area contributed by atoms with E-state index in [1.165, 1.54) is 4.88 Å². The van der Waals surface area contributed by atoms with E-state index in [0.29, 0.717) is 22.0 Å². The zero-order valence-electron chi connectivity index (χ0n) is 11.7. The normalized spacial score (nSPS) is 11.0. The average molecular weight is 351 g/mol. The lowest BCUT2D eigenvalue weighted by Gasteiger charge is -2.05. The first kappa shape index (κ1) is 15.3. The lowest BCUT2D eigenvalue weighted by molar-refractivity contribution is 0.0697. The van der Waals surface area contributed by atoms with Crippen molar-refractivity contribution < 1.29 is 9.90 Å². The van der Waals surface area contributed by atoms with Gasteiger partial charge < -0.3 is 5.11 Å². The highest BCUT2D eigenvalue weighted by molar-refractivity contribution is 7.19. The first-order valence-corrected chi connectivity index (χ1v) is 8.22. The summed E-state index contributed by atoms with van der Waals surface area (Å²) in [6.07, 6.45) is 0.700. The van der Waals surface area contributed by atoms with Gasteiger partial charge in [-0.05, 0) is 60.2 Å². The number of benzene rings is 2. The number of thiophene rings is 1. The van der Waals surface area contributed by atoms with Crippen molar-refractivity contribution in [1.29, 1.82) is 0 Å². The monoisotopic (exact) mass is 350 g/mol. The Morgan fingerprint density at radius 1 is 1.14 bits per heavy atom.